The predicted octanol–water partition coefficient (Wildman–Crippen LogP) is 5.01. The Morgan fingerprint density at radius 3 is 2.76 bits per heavy atom. The number of ether oxygens (including phenoxy) is 1. The molecule has 1 unspecified atom stereocenters. The largest absolute Gasteiger partial charge is 0.496 e. The van der Waals surface area contributed by atoms with Gasteiger partial charge < -0.3 is 14.6 Å². The van der Waals surface area contributed by atoms with Crippen LogP contribution in [0.3, 0.4) is 0 Å². The molecule has 1 aromatic carbocycles. The molecule has 1 N–H and O–H groups in total. The van der Waals surface area contributed by atoms with Crippen LogP contribution in [0, 0.1) is 5.41 Å². The van der Waals surface area contributed by atoms with Crippen LogP contribution in [0.1, 0.15) is 55.9 Å². The van der Waals surface area contributed by atoms with E-state index in [9.17, 15) is 4.79 Å². The number of likely N-dealkylation sites (tertiary alicyclic amines) is 1. The van der Waals surface area contributed by atoms with Gasteiger partial charge in [0.15, 0.2) is 0 Å². The Kier molecular flexibility index (Phi) is 4.19. The number of nitrogens with one attached hydrogen (secondary N) is 1. The number of aromatic amines is 1. The van der Waals surface area contributed by atoms with Crippen LogP contribution >= 0.6 is 11.6 Å². The molecule has 0 radical (unpaired) electrons. The van der Waals surface area contributed by atoms with Crippen molar-refractivity contribution in [2.75, 3.05) is 13.7 Å². The van der Waals surface area contributed by atoms with E-state index in [0.29, 0.717) is 27.9 Å². The van der Waals surface area contributed by atoms with Crippen molar-refractivity contribution in [3.8, 4) is 5.75 Å². The number of methoxy groups -OCH3 is 1. The minimum atomic E-state index is 0.0873. The summed E-state index contributed by atoms with van der Waals surface area (Å²) in [6, 6.07) is 5.81. The zero-order valence-electron chi connectivity index (χ0n) is 14.9. The summed E-state index contributed by atoms with van der Waals surface area (Å²) in [5, 5.41) is 1.50. The average molecular weight is 361 g/mol. The van der Waals surface area contributed by atoms with Gasteiger partial charge in [0.1, 0.15) is 11.4 Å². The van der Waals surface area contributed by atoms with Gasteiger partial charge >= 0.3 is 0 Å². The standard InChI is InChI=1S/C20H25ClN2O2/c1-13-11-20(6-4-3-5-7-20)12-23(13)19(24)17-10-15-16(22-17)8-14(21)9-18(15)25-2/h8-10,13,22H,3-7,11-12H2,1-2H3. The third-order valence-electron chi connectivity index (χ3n) is 6.06. The van der Waals surface area contributed by atoms with Crippen molar-refractivity contribution in [2.45, 2.75) is 51.5 Å². The number of amides is 1. The van der Waals surface area contributed by atoms with Crippen LogP contribution in [0.5, 0.6) is 5.75 Å². The number of halogens is 1. The summed E-state index contributed by atoms with van der Waals surface area (Å²) in [5.41, 5.74) is 1.81. The van der Waals surface area contributed by atoms with Crippen molar-refractivity contribution in [3.63, 3.8) is 0 Å². The molecular weight excluding hydrogens is 336 g/mol. The van der Waals surface area contributed by atoms with Crippen molar-refractivity contribution in [3.05, 3.63) is 28.9 Å². The van der Waals surface area contributed by atoms with Gasteiger partial charge in [-0.05, 0) is 49.8 Å². The van der Waals surface area contributed by atoms with Gasteiger partial charge in [0.05, 0.1) is 12.6 Å². The van der Waals surface area contributed by atoms with Gasteiger partial charge in [-0.2, -0.15) is 0 Å². The lowest BCUT2D eigenvalue weighted by molar-refractivity contribution is 0.0716. The van der Waals surface area contributed by atoms with E-state index >= 15 is 0 Å². The first-order valence-corrected chi connectivity index (χ1v) is 9.56. The predicted molar refractivity (Wildman–Crippen MR) is 100 cm³/mol. The molecular formula is C20H25ClN2O2. The number of rotatable bonds is 2. The number of fused-ring (bicyclic) bond motifs is 1. The summed E-state index contributed by atoms with van der Waals surface area (Å²) in [6.07, 6.45) is 7.60. The van der Waals surface area contributed by atoms with Crippen molar-refractivity contribution < 1.29 is 9.53 Å². The third kappa shape index (κ3) is 2.91. The highest BCUT2D eigenvalue weighted by Crippen LogP contribution is 2.46. The van der Waals surface area contributed by atoms with E-state index < -0.39 is 0 Å². The Bertz CT molecular complexity index is 807. The van der Waals surface area contributed by atoms with Crippen LogP contribution in [0.25, 0.3) is 10.9 Å². The Hall–Kier alpha value is -1.68. The van der Waals surface area contributed by atoms with Crippen LogP contribution in [0.15, 0.2) is 18.2 Å². The van der Waals surface area contributed by atoms with Gasteiger partial charge in [-0.3, -0.25) is 4.79 Å². The topological polar surface area (TPSA) is 45.3 Å². The minimum Gasteiger partial charge on any atom is -0.496 e. The normalized spacial score (nSPS) is 22.7. The van der Waals surface area contributed by atoms with Gasteiger partial charge in [-0.25, -0.2) is 0 Å². The number of hydrogen-bond donors (Lipinski definition) is 1. The van der Waals surface area contributed by atoms with Gasteiger partial charge in [-0.15, -0.1) is 0 Å². The smallest absolute Gasteiger partial charge is 0.270 e. The fraction of sp³-hybridized carbons (Fsp3) is 0.550. The number of benzene rings is 1. The molecule has 1 atom stereocenters. The quantitative estimate of drug-likeness (QED) is 0.817. The lowest BCUT2D eigenvalue weighted by Crippen LogP contribution is -2.36. The maximum absolute atomic E-state index is 13.2. The van der Waals surface area contributed by atoms with E-state index in [1.165, 1.54) is 32.1 Å². The second kappa shape index (κ2) is 6.24. The first kappa shape index (κ1) is 16.8. The number of H-pyrrole nitrogens is 1. The highest BCUT2D eigenvalue weighted by Gasteiger charge is 2.44. The molecule has 134 valence electrons. The molecule has 1 aromatic heterocycles. The monoisotopic (exact) mass is 360 g/mol. The van der Waals surface area contributed by atoms with E-state index in [4.69, 9.17) is 16.3 Å². The number of aromatic nitrogens is 1. The molecule has 2 heterocycles. The summed E-state index contributed by atoms with van der Waals surface area (Å²) in [4.78, 5) is 18.5. The summed E-state index contributed by atoms with van der Waals surface area (Å²) in [5.74, 6) is 0.778. The van der Waals surface area contributed by atoms with Crippen molar-refractivity contribution in [2.24, 2.45) is 5.41 Å². The maximum Gasteiger partial charge on any atom is 0.270 e. The second-order valence-corrected chi connectivity index (χ2v) is 8.24. The maximum atomic E-state index is 13.2. The van der Waals surface area contributed by atoms with Gasteiger partial charge in [0.25, 0.3) is 5.91 Å². The van der Waals surface area contributed by atoms with Crippen LogP contribution in [0.2, 0.25) is 5.02 Å². The summed E-state index contributed by atoms with van der Waals surface area (Å²) in [6.45, 7) is 3.07. The van der Waals surface area contributed by atoms with Gasteiger partial charge in [-0.1, -0.05) is 30.9 Å². The summed E-state index contributed by atoms with van der Waals surface area (Å²) < 4.78 is 5.41. The van der Waals surface area contributed by atoms with E-state index in [-0.39, 0.29) is 5.91 Å². The SMILES string of the molecule is COc1cc(Cl)cc2[nH]c(C(=O)N3CC4(CCCCC4)CC3C)cc12. The Morgan fingerprint density at radius 2 is 2.04 bits per heavy atom. The molecule has 1 spiro atoms. The molecule has 1 amide bonds. The van der Waals surface area contributed by atoms with Crippen molar-refractivity contribution >= 4 is 28.4 Å². The Balaban J connectivity index is 1.63. The number of nitrogens with zero attached hydrogens (tertiary/aromatic N) is 1. The molecule has 1 aliphatic carbocycles. The number of carbonyl (C=O) groups excluding carboxylic acids is 1. The lowest BCUT2D eigenvalue weighted by Gasteiger charge is -2.33. The summed E-state index contributed by atoms with van der Waals surface area (Å²) >= 11 is 6.14. The van der Waals surface area contributed by atoms with Crippen molar-refractivity contribution in [1.29, 1.82) is 0 Å². The third-order valence-corrected chi connectivity index (χ3v) is 6.27. The molecule has 5 heteroatoms. The zero-order valence-corrected chi connectivity index (χ0v) is 15.7. The van der Waals surface area contributed by atoms with Crippen LogP contribution in [-0.2, 0) is 0 Å². The lowest BCUT2D eigenvalue weighted by atomic mass is 9.73. The molecule has 4 nitrogen and oxygen atoms in total. The molecule has 4 rings (SSSR count). The molecule has 2 aromatic rings. The van der Waals surface area contributed by atoms with Crippen LogP contribution in [-0.4, -0.2) is 35.5 Å². The van der Waals surface area contributed by atoms with Crippen LogP contribution < -0.4 is 4.74 Å². The zero-order chi connectivity index (χ0) is 17.6. The Morgan fingerprint density at radius 1 is 1.28 bits per heavy atom. The van der Waals surface area contributed by atoms with Crippen LogP contribution in [0.4, 0.5) is 0 Å². The summed E-state index contributed by atoms with van der Waals surface area (Å²) in [7, 11) is 1.62. The van der Waals surface area contributed by atoms with Gasteiger partial charge in [0.2, 0.25) is 0 Å². The second-order valence-electron chi connectivity index (χ2n) is 7.80. The highest BCUT2D eigenvalue weighted by atomic mass is 35.5. The number of carbonyl (C=O) groups is 1. The van der Waals surface area contributed by atoms with E-state index in [1.54, 1.807) is 13.2 Å². The van der Waals surface area contributed by atoms with Crippen molar-refractivity contribution in [1.82, 2.24) is 9.88 Å². The molecule has 25 heavy (non-hydrogen) atoms. The fourth-order valence-corrected chi connectivity index (χ4v) is 5.07. The Labute approximate surface area is 153 Å². The molecule has 1 aliphatic heterocycles. The molecule has 1 saturated heterocycles. The highest BCUT2D eigenvalue weighted by molar-refractivity contribution is 6.31. The fourth-order valence-electron chi connectivity index (χ4n) is 4.86. The first-order valence-electron chi connectivity index (χ1n) is 9.19. The number of hydrogen-bond acceptors (Lipinski definition) is 2. The molecule has 2 aliphatic rings. The van der Waals surface area contributed by atoms with E-state index in [1.807, 2.05) is 12.1 Å². The minimum absolute atomic E-state index is 0.0873. The molecule has 1 saturated carbocycles. The van der Waals surface area contributed by atoms with E-state index in [2.05, 4.69) is 16.8 Å². The first-order chi connectivity index (χ1) is 12.0. The van der Waals surface area contributed by atoms with Gasteiger partial charge in [0, 0.05) is 23.0 Å². The molecule has 2 fully saturated rings. The average Bonchev–Trinajstić information content (AvgIpc) is 3.15. The molecule has 0 bridgehead atoms. The van der Waals surface area contributed by atoms with E-state index in [0.717, 1.165) is 23.9 Å².